The number of hydrogen-bond donors (Lipinski definition) is 1. The molecule has 0 aromatic carbocycles. The van der Waals surface area contributed by atoms with Crippen LogP contribution in [0.3, 0.4) is 0 Å². The molecule has 2 unspecified atom stereocenters. The zero-order valence-corrected chi connectivity index (χ0v) is 13.7. The number of aliphatic hydroxyl groups is 1. The van der Waals surface area contributed by atoms with E-state index in [9.17, 15) is 5.11 Å². The standard InChI is InChI=1S/C17H30N2O/c1-6-15(7-2)19-9-8-14(18-19)11-17(20)12-16(4,5)10-13(17)3/h8-9,13,15,20H,6-7,10-12H2,1-5H3. The second kappa shape index (κ2) is 5.51. The third-order valence-electron chi connectivity index (χ3n) is 5.03. The Balaban J connectivity index is 2.11. The molecule has 3 heteroatoms. The highest BCUT2D eigenvalue weighted by molar-refractivity contribution is 5.09. The minimum absolute atomic E-state index is 0.242. The lowest BCUT2D eigenvalue weighted by Gasteiger charge is -2.27. The van der Waals surface area contributed by atoms with Crippen LogP contribution in [0, 0.1) is 11.3 Å². The van der Waals surface area contributed by atoms with Gasteiger partial charge >= 0.3 is 0 Å². The molecule has 1 aliphatic rings. The summed E-state index contributed by atoms with van der Waals surface area (Å²) >= 11 is 0. The minimum Gasteiger partial charge on any atom is -0.389 e. The molecule has 0 aliphatic heterocycles. The first kappa shape index (κ1) is 15.6. The zero-order valence-electron chi connectivity index (χ0n) is 13.7. The van der Waals surface area contributed by atoms with Crippen LogP contribution < -0.4 is 0 Å². The molecule has 2 atom stereocenters. The van der Waals surface area contributed by atoms with Crippen molar-refractivity contribution in [1.29, 1.82) is 0 Å². The lowest BCUT2D eigenvalue weighted by molar-refractivity contribution is 0.00344. The zero-order chi connectivity index (χ0) is 15.0. The Labute approximate surface area is 123 Å². The van der Waals surface area contributed by atoms with Gasteiger partial charge in [-0.05, 0) is 43.1 Å². The van der Waals surface area contributed by atoms with Gasteiger partial charge in [0.1, 0.15) is 0 Å². The normalized spacial score (nSPS) is 29.2. The maximum Gasteiger partial charge on any atom is 0.0734 e. The monoisotopic (exact) mass is 278 g/mol. The Morgan fingerprint density at radius 3 is 2.55 bits per heavy atom. The summed E-state index contributed by atoms with van der Waals surface area (Å²) in [7, 11) is 0. The van der Waals surface area contributed by atoms with E-state index in [1.54, 1.807) is 0 Å². The molecule has 0 saturated heterocycles. The van der Waals surface area contributed by atoms with Crippen LogP contribution in [0.5, 0.6) is 0 Å². The highest BCUT2D eigenvalue weighted by atomic mass is 16.3. The first-order valence-electron chi connectivity index (χ1n) is 8.06. The van der Waals surface area contributed by atoms with Crippen LogP contribution in [0.4, 0.5) is 0 Å². The number of nitrogens with zero attached hydrogens (tertiary/aromatic N) is 2. The molecule has 1 aliphatic carbocycles. The van der Waals surface area contributed by atoms with Crippen LogP contribution in [-0.4, -0.2) is 20.5 Å². The predicted octanol–water partition coefficient (Wildman–Crippen LogP) is 3.97. The largest absolute Gasteiger partial charge is 0.389 e. The van der Waals surface area contributed by atoms with Gasteiger partial charge in [0.15, 0.2) is 0 Å². The smallest absolute Gasteiger partial charge is 0.0734 e. The van der Waals surface area contributed by atoms with Crippen LogP contribution >= 0.6 is 0 Å². The van der Waals surface area contributed by atoms with Gasteiger partial charge in [0.25, 0.3) is 0 Å². The van der Waals surface area contributed by atoms with Crippen molar-refractivity contribution in [2.75, 3.05) is 0 Å². The molecule has 2 rings (SSSR count). The molecule has 1 fully saturated rings. The van der Waals surface area contributed by atoms with Crippen molar-refractivity contribution >= 4 is 0 Å². The van der Waals surface area contributed by atoms with E-state index >= 15 is 0 Å². The fourth-order valence-corrected chi connectivity index (χ4v) is 3.98. The van der Waals surface area contributed by atoms with Gasteiger partial charge in [-0.1, -0.05) is 34.6 Å². The van der Waals surface area contributed by atoms with E-state index in [0.717, 1.165) is 31.4 Å². The van der Waals surface area contributed by atoms with E-state index in [0.29, 0.717) is 18.4 Å². The lowest BCUT2D eigenvalue weighted by atomic mass is 9.86. The molecule has 20 heavy (non-hydrogen) atoms. The number of rotatable bonds is 5. The van der Waals surface area contributed by atoms with E-state index in [4.69, 9.17) is 5.10 Å². The lowest BCUT2D eigenvalue weighted by Crippen LogP contribution is -2.35. The third-order valence-corrected chi connectivity index (χ3v) is 5.03. The van der Waals surface area contributed by atoms with Gasteiger partial charge in [0, 0.05) is 12.6 Å². The molecule has 1 saturated carbocycles. The van der Waals surface area contributed by atoms with Gasteiger partial charge in [-0.3, -0.25) is 4.68 Å². The minimum atomic E-state index is -0.587. The Morgan fingerprint density at radius 2 is 2.05 bits per heavy atom. The van der Waals surface area contributed by atoms with Crippen molar-refractivity contribution < 1.29 is 5.11 Å². The van der Waals surface area contributed by atoms with Gasteiger partial charge in [0.2, 0.25) is 0 Å². The SMILES string of the molecule is CCC(CC)n1ccc(CC2(O)CC(C)(C)CC2C)n1. The van der Waals surface area contributed by atoms with Crippen LogP contribution in [0.1, 0.15) is 72.0 Å². The molecule has 114 valence electrons. The summed E-state index contributed by atoms with van der Waals surface area (Å²) in [5.74, 6) is 0.343. The molecule has 3 nitrogen and oxygen atoms in total. The Bertz CT molecular complexity index is 448. The summed E-state index contributed by atoms with van der Waals surface area (Å²) in [5, 5.41) is 15.7. The van der Waals surface area contributed by atoms with Crippen molar-refractivity contribution in [2.45, 2.75) is 78.4 Å². The first-order valence-corrected chi connectivity index (χ1v) is 8.06. The van der Waals surface area contributed by atoms with Gasteiger partial charge in [0.05, 0.1) is 17.3 Å². The highest BCUT2D eigenvalue weighted by Gasteiger charge is 2.47. The second-order valence-corrected chi connectivity index (χ2v) is 7.48. The quantitative estimate of drug-likeness (QED) is 0.885. The average Bonchev–Trinajstić information content (AvgIpc) is 2.84. The van der Waals surface area contributed by atoms with E-state index < -0.39 is 5.60 Å². The van der Waals surface area contributed by atoms with Crippen molar-refractivity contribution in [1.82, 2.24) is 9.78 Å². The molecule has 1 aromatic rings. The van der Waals surface area contributed by atoms with E-state index in [1.165, 1.54) is 0 Å². The van der Waals surface area contributed by atoms with E-state index in [1.807, 2.05) is 0 Å². The van der Waals surface area contributed by atoms with Crippen molar-refractivity contribution in [3.05, 3.63) is 18.0 Å². The van der Waals surface area contributed by atoms with Crippen molar-refractivity contribution in [2.24, 2.45) is 11.3 Å². The second-order valence-electron chi connectivity index (χ2n) is 7.48. The summed E-state index contributed by atoms with van der Waals surface area (Å²) in [6, 6.07) is 2.56. The van der Waals surface area contributed by atoms with Crippen LogP contribution in [0.2, 0.25) is 0 Å². The van der Waals surface area contributed by atoms with Gasteiger partial charge in [-0.2, -0.15) is 5.10 Å². The first-order chi connectivity index (χ1) is 9.29. The third kappa shape index (κ3) is 3.08. The van der Waals surface area contributed by atoms with E-state index in [2.05, 4.69) is 51.6 Å². The van der Waals surface area contributed by atoms with Gasteiger partial charge < -0.3 is 5.11 Å². The number of aromatic nitrogens is 2. The molecule has 1 aromatic heterocycles. The van der Waals surface area contributed by atoms with Crippen LogP contribution in [0.15, 0.2) is 12.3 Å². The summed E-state index contributed by atoms with van der Waals surface area (Å²) in [6.07, 6.45) is 6.93. The molecule has 0 amide bonds. The molecule has 0 radical (unpaired) electrons. The fraction of sp³-hybridized carbons (Fsp3) is 0.824. The summed E-state index contributed by atoms with van der Waals surface area (Å²) in [6.45, 7) is 11.1. The van der Waals surface area contributed by atoms with Crippen LogP contribution in [0.25, 0.3) is 0 Å². The van der Waals surface area contributed by atoms with Crippen molar-refractivity contribution in [3.8, 4) is 0 Å². The predicted molar refractivity (Wildman–Crippen MR) is 82.7 cm³/mol. The number of hydrogen-bond acceptors (Lipinski definition) is 2. The maximum absolute atomic E-state index is 11.0. The molecular formula is C17H30N2O. The Kier molecular flexibility index (Phi) is 4.29. The molecule has 0 spiro atoms. The maximum atomic E-state index is 11.0. The highest BCUT2D eigenvalue weighted by Crippen LogP contribution is 2.48. The topological polar surface area (TPSA) is 38.0 Å². The van der Waals surface area contributed by atoms with Gasteiger partial charge in [-0.15, -0.1) is 0 Å². The van der Waals surface area contributed by atoms with E-state index in [-0.39, 0.29) is 5.41 Å². The summed E-state index contributed by atoms with van der Waals surface area (Å²) in [5.41, 5.74) is 0.687. The average molecular weight is 278 g/mol. The summed E-state index contributed by atoms with van der Waals surface area (Å²) < 4.78 is 2.07. The van der Waals surface area contributed by atoms with Gasteiger partial charge in [-0.25, -0.2) is 0 Å². The molecule has 1 heterocycles. The Morgan fingerprint density at radius 1 is 1.40 bits per heavy atom. The fourth-order valence-electron chi connectivity index (χ4n) is 3.98. The molecule has 1 N–H and O–H groups in total. The molecule has 0 bridgehead atoms. The summed E-state index contributed by atoms with van der Waals surface area (Å²) in [4.78, 5) is 0. The molecular weight excluding hydrogens is 248 g/mol. The van der Waals surface area contributed by atoms with Crippen molar-refractivity contribution in [3.63, 3.8) is 0 Å². The Hall–Kier alpha value is -0.830. The van der Waals surface area contributed by atoms with Crippen LogP contribution in [-0.2, 0) is 6.42 Å².